The second kappa shape index (κ2) is 5.75. The third kappa shape index (κ3) is 2.80. The predicted octanol–water partition coefficient (Wildman–Crippen LogP) is 3.74. The van der Waals surface area contributed by atoms with E-state index in [9.17, 15) is 10.1 Å². The number of aromatic nitrogens is 1. The number of hydrogen-bond acceptors (Lipinski definition) is 5. The fourth-order valence-electron chi connectivity index (χ4n) is 1.70. The maximum absolute atomic E-state index is 11.0. The zero-order valence-electron chi connectivity index (χ0n) is 11.0. The molecular formula is C13H13ClN4O2. The highest BCUT2D eigenvalue weighted by molar-refractivity contribution is 6.31. The first-order chi connectivity index (χ1) is 9.52. The molecule has 0 aliphatic carbocycles. The monoisotopic (exact) mass is 292 g/mol. The quantitative estimate of drug-likeness (QED) is 0.663. The van der Waals surface area contributed by atoms with Gasteiger partial charge >= 0.3 is 5.69 Å². The Morgan fingerprint density at radius 1 is 1.30 bits per heavy atom. The summed E-state index contributed by atoms with van der Waals surface area (Å²) in [5, 5.41) is 17.4. The van der Waals surface area contributed by atoms with E-state index in [1.807, 2.05) is 6.92 Å². The van der Waals surface area contributed by atoms with Gasteiger partial charge in [0.15, 0.2) is 0 Å². The van der Waals surface area contributed by atoms with Crippen molar-refractivity contribution in [2.45, 2.75) is 6.92 Å². The number of nitro groups is 1. The van der Waals surface area contributed by atoms with Crippen molar-refractivity contribution in [3.8, 4) is 0 Å². The first kappa shape index (κ1) is 14.1. The maximum atomic E-state index is 11.0. The smallest absolute Gasteiger partial charge is 0.311 e. The van der Waals surface area contributed by atoms with Gasteiger partial charge in [0.2, 0.25) is 5.82 Å². The topological polar surface area (TPSA) is 80.1 Å². The lowest BCUT2D eigenvalue weighted by Crippen LogP contribution is -2.03. The standard InChI is InChI=1S/C13H13ClN4O2/c1-8-9(14)4-3-5-10(8)16-13-11(18(19)20)6-7-12(15-2)17-13/h3-7H,1-2H3,(H2,15,16,17). The van der Waals surface area contributed by atoms with Crippen LogP contribution < -0.4 is 10.6 Å². The highest BCUT2D eigenvalue weighted by atomic mass is 35.5. The average Bonchev–Trinajstić information content (AvgIpc) is 2.43. The highest BCUT2D eigenvalue weighted by Crippen LogP contribution is 2.30. The van der Waals surface area contributed by atoms with Gasteiger partial charge < -0.3 is 10.6 Å². The average molecular weight is 293 g/mol. The number of benzene rings is 1. The van der Waals surface area contributed by atoms with Crippen LogP contribution in [-0.2, 0) is 0 Å². The molecule has 0 aliphatic heterocycles. The summed E-state index contributed by atoms with van der Waals surface area (Å²) in [5.74, 6) is 0.713. The number of halogens is 1. The molecule has 0 saturated heterocycles. The fourth-order valence-corrected chi connectivity index (χ4v) is 1.88. The molecule has 7 heteroatoms. The van der Waals surface area contributed by atoms with Gasteiger partial charge in [0, 0.05) is 23.8 Å². The van der Waals surface area contributed by atoms with Crippen LogP contribution in [0.1, 0.15) is 5.56 Å². The molecule has 20 heavy (non-hydrogen) atoms. The molecule has 2 rings (SSSR count). The lowest BCUT2D eigenvalue weighted by Gasteiger charge is -2.11. The van der Waals surface area contributed by atoms with E-state index < -0.39 is 4.92 Å². The molecular weight excluding hydrogens is 280 g/mol. The minimum atomic E-state index is -0.478. The van der Waals surface area contributed by atoms with Gasteiger partial charge in [-0.2, -0.15) is 0 Å². The van der Waals surface area contributed by atoms with Gasteiger partial charge in [-0.05, 0) is 30.7 Å². The molecule has 0 aliphatic rings. The predicted molar refractivity (Wildman–Crippen MR) is 79.9 cm³/mol. The fraction of sp³-hybridized carbons (Fsp3) is 0.154. The molecule has 0 spiro atoms. The van der Waals surface area contributed by atoms with Crippen LogP contribution in [0.5, 0.6) is 0 Å². The van der Waals surface area contributed by atoms with Crippen LogP contribution in [-0.4, -0.2) is 17.0 Å². The molecule has 0 radical (unpaired) electrons. The number of rotatable bonds is 4. The van der Waals surface area contributed by atoms with Crippen molar-refractivity contribution in [1.29, 1.82) is 0 Å². The van der Waals surface area contributed by atoms with Gasteiger partial charge in [0.05, 0.1) is 4.92 Å². The summed E-state index contributed by atoms with van der Waals surface area (Å²) in [6, 6.07) is 8.27. The zero-order valence-corrected chi connectivity index (χ0v) is 11.7. The van der Waals surface area contributed by atoms with Crippen LogP contribution in [0.4, 0.5) is 23.0 Å². The van der Waals surface area contributed by atoms with Crippen molar-refractivity contribution in [2.24, 2.45) is 0 Å². The molecule has 0 unspecified atom stereocenters. The van der Waals surface area contributed by atoms with Crippen molar-refractivity contribution < 1.29 is 4.92 Å². The second-order valence-corrected chi connectivity index (χ2v) is 4.52. The van der Waals surface area contributed by atoms with Gasteiger partial charge in [-0.15, -0.1) is 0 Å². The van der Waals surface area contributed by atoms with Crippen LogP contribution in [0.25, 0.3) is 0 Å². The van der Waals surface area contributed by atoms with Crippen LogP contribution >= 0.6 is 11.6 Å². The van der Waals surface area contributed by atoms with Gasteiger partial charge in [0.25, 0.3) is 0 Å². The van der Waals surface area contributed by atoms with Crippen molar-refractivity contribution >= 4 is 34.6 Å². The first-order valence-corrected chi connectivity index (χ1v) is 6.26. The van der Waals surface area contributed by atoms with E-state index in [1.54, 1.807) is 31.3 Å². The van der Waals surface area contributed by atoms with E-state index in [-0.39, 0.29) is 11.5 Å². The molecule has 0 saturated carbocycles. The highest BCUT2D eigenvalue weighted by Gasteiger charge is 2.17. The van der Waals surface area contributed by atoms with Crippen LogP contribution in [0.3, 0.4) is 0 Å². The first-order valence-electron chi connectivity index (χ1n) is 5.88. The second-order valence-electron chi connectivity index (χ2n) is 4.11. The number of nitrogens with one attached hydrogen (secondary N) is 2. The summed E-state index contributed by atoms with van der Waals surface area (Å²) >= 11 is 6.03. The van der Waals surface area contributed by atoms with Crippen molar-refractivity contribution in [1.82, 2.24) is 4.98 Å². The Morgan fingerprint density at radius 2 is 2.05 bits per heavy atom. The lowest BCUT2D eigenvalue weighted by atomic mass is 10.2. The molecule has 2 N–H and O–H groups in total. The normalized spacial score (nSPS) is 10.2. The maximum Gasteiger partial charge on any atom is 0.311 e. The molecule has 104 valence electrons. The van der Waals surface area contributed by atoms with Gasteiger partial charge in [-0.25, -0.2) is 4.98 Å². The Labute approximate surface area is 120 Å². The third-order valence-corrected chi connectivity index (χ3v) is 3.26. The van der Waals surface area contributed by atoms with Crippen molar-refractivity contribution in [2.75, 3.05) is 17.7 Å². The molecule has 0 amide bonds. The Hall–Kier alpha value is -2.34. The van der Waals surface area contributed by atoms with E-state index in [0.29, 0.717) is 16.5 Å². The third-order valence-electron chi connectivity index (χ3n) is 2.85. The SMILES string of the molecule is CNc1ccc([N+](=O)[O-])c(Nc2cccc(Cl)c2C)n1. The molecule has 2 aromatic rings. The Kier molecular flexibility index (Phi) is 4.05. The van der Waals surface area contributed by atoms with Crippen molar-refractivity contribution in [3.05, 3.63) is 51.0 Å². The minimum absolute atomic E-state index is 0.0941. The molecule has 0 atom stereocenters. The zero-order chi connectivity index (χ0) is 14.7. The number of anilines is 3. The number of pyridine rings is 1. The van der Waals surface area contributed by atoms with E-state index in [2.05, 4.69) is 15.6 Å². The van der Waals surface area contributed by atoms with Gasteiger partial charge in [0.1, 0.15) is 5.82 Å². The summed E-state index contributed by atoms with van der Waals surface area (Å²) < 4.78 is 0. The summed E-state index contributed by atoms with van der Waals surface area (Å²) in [5.41, 5.74) is 1.39. The molecule has 1 heterocycles. The number of nitrogens with zero attached hydrogens (tertiary/aromatic N) is 2. The van der Waals surface area contributed by atoms with Crippen molar-refractivity contribution in [3.63, 3.8) is 0 Å². The minimum Gasteiger partial charge on any atom is -0.373 e. The van der Waals surface area contributed by atoms with Crippen LogP contribution in [0.15, 0.2) is 30.3 Å². The molecule has 0 bridgehead atoms. The summed E-state index contributed by atoms with van der Waals surface area (Å²) in [7, 11) is 1.70. The van der Waals surface area contributed by atoms with E-state index in [4.69, 9.17) is 11.6 Å². The lowest BCUT2D eigenvalue weighted by molar-refractivity contribution is -0.384. The largest absolute Gasteiger partial charge is 0.373 e. The van der Waals surface area contributed by atoms with Gasteiger partial charge in [-0.3, -0.25) is 10.1 Å². The van der Waals surface area contributed by atoms with E-state index in [0.717, 1.165) is 5.56 Å². The van der Waals surface area contributed by atoms with Gasteiger partial charge in [-0.1, -0.05) is 17.7 Å². The molecule has 6 nitrogen and oxygen atoms in total. The molecule has 1 aromatic carbocycles. The Balaban J connectivity index is 2.46. The Bertz CT molecular complexity index is 661. The Morgan fingerprint density at radius 3 is 2.70 bits per heavy atom. The van der Waals surface area contributed by atoms with Crippen LogP contribution in [0, 0.1) is 17.0 Å². The van der Waals surface area contributed by atoms with E-state index >= 15 is 0 Å². The summed E-state index contributed by atoms with van der Waals surface area (Å²) in [6.07, 6.45) is 0. The molecule has 0 fully saturated rings. The summed E-state index contributed by atoms with van der Waals surface area (Å²) in [4.78, 5) is 14.7. The molecule has 1 aromatic heterocycles. The van der Waals surface area contributed by atoms with E-state index in [1.165, 1.54) is 6.07 Å². The summed E-state index contributed by atoms with van der Waals surface area (Å²) in [6.45, 7) is 1.83. The van der Waals surface area contributed by atoms with Crippen LogP contribution in [0.2, 0.25) is 5.02 Å². The number of hydrogen-bond donors (Lipinski definition) is 2.